The number of nitrogens with zero attached hydrogens (tertiary/aromatic N) is 2. The fourth-order valence-electron chi connectivity index (χ4n) is 0.589. The lowest BCUT2D eigenvalue weighted by Gasteiger charge is -1.69. The Bertz CT molecular complexity index is 203. The molecule has 0 radical (unpaired) electrons. The molecule has 2 heterocycles. The van der Waals surface area contributed by atoms with Crippen LogP contribution in [0.5, 0.6) is 0 Å². The van der Waals surface area contributed by atoms with Crippen LogP contribution in [-0.4, -0.2) is 14.6 Å². The van der Waals surface area contributed by atoms with Crippen LogP contribution in [0.25, 0.3) is 10.6 Å². The number of H-pyrrole nitrogens is 1. The SMILES string of the molecule is c1ncc2s[nH]nc1-2. The molecular weight excluding hydrogens is 122 g/mol. The number of aromatic amines is 1. The normalized spacial score (nSPS) is 10.5. The van der Waals surface area contributed by atoms with Gasteiger partial charge in [-0.15, -0.1) is 0 Å². The highest BCUT2D eigenvalue weighted by Crippen LogP contribution is 2.20. The molecule has 0 bridgehead atoms. The molecule has 0 atom stereocenters. The van der Waals surface area contributed by atoms with Crippen molar-refractivity contribution in [1.82, 2.24) is 14.6 Å². The zero-order valence-electron chi connectivity index (χ0n) is 3.96. The van der Waals surface area contributed by atoms with E-state index in [1.807, 2.05) is 0 Å². The van der Waals surface area contributed by atoms with Crippen molar-refractivity contribution in [3.05, 3.63) is 12.4 Å². The van der Waals surface area contributed by atoms with Gasteiger partial charge in [-0.3, -0.25) is 4.98 Å². The number of rotatable bonds is 0. The van der Waals surface area contributed by atoms with Gasteiger partial charge in [0.05, 0.1) is 11.1 Å². The van der Waals surface area contributed by atoms with Gasteiger partial charge in [0, 0.05) is 6.20 Å². The average Bonchev–Trinajstić information content (AvgIpc) is 2.15. The lowest BCUT2D eigenvalue weighted by molar-refractivity contribution is 1.16. The van der Waals surface area contributed by atoms with Gasteiger partial charge >= 0.3 is 0 Å². The molecule has 0 spiro atoms. The first kappa shape index (κ1) is 4.03. The van der Waals surface area contributed by atoms with E-state index in [0.29, 0.717) is 0 Å². The monoisotopic (exact) mass is 125 g/mol. The smallest absolute Gasteiger partial charge is 0.123 e. The number of fused-ring (bicyclic) bond motifs is 1. The Morgan fingerprint density at radius 3 is 3.38 bits per heavy atom. The summed E-state index contributed by atoms with van der Waals surface area (Å²) in [5.41, 5.74) is 0.954. The molecule has 0 amide bonds. The van der Waals surface area contributed by atoms with Gasteiger partial charge in [0.25, 0.3) is 0 Å². The molecule has 0 aromatic heterocycles. The minimum Gasteiger partial charge on any atom is -0.261 e. The number of hydrogen-bond acceptors (Lipinski definition) is 3. The molecule has 0 unspecified atom stereocenters. The summed E-state index contributed by atoms with van der Waals surface area (Å²) in [5.74, 6) is 0. The topological polar surface area (TPSA) is 41.6 Å². The Balaban J connectivity index is 2.84. The van der Waals surface area contributed by atoms with Gasteiger partial charge in [-0.25, -0.2) is 4.49 Å². The van der Waals surface area contributed by atoms with Crippen molar-refractivity contribution in [2.45, 2.75) is 0 Å². The van der Waals surface area contributed by atoms with Crippen LogP contribution in [0.2, 0.25) is 0 Å². The predicted molar refractivity (Wildman–Crippen MR) is 30.9 cm³/mol. The van der Waals surface area contributed by atoms with Crippen molar-refractivity contribution in [2.24, 2.45) is 0 Å². The largest absolute Gasteiger partial charge is 0.261 e. The van der Waals surface area contributed by atoms with Crippen LogP contribution in [0, 0.1) is 0 Å². The summed E-state index contributed by atoms with van der Waals surface area (Å²) in [4.78, 5) is 5.00. The molecule has 3 nitrogen and oxygen atoms in total. The molecule has 2 aliphatic heterocycles. The first-order valence-corrected chi connectivity index (χ1v) is 3.02. The van der Waals surface area contributed by atoms with E-state index < -0.39 is 0 Å². The summed E-state index contributed by atoms with van der Waals surface area (Å²) in [6.45, 7) is 0. The third-order valence-corrected chi connectivity index (χ3v) is 1.68. The predicted octanol–water partition coefficient (Wildman–Crippen LogP) is 0.971. The molecule has 0 saturated heterocycles. The summed E-state index contributed by atoms with van der Waals surface area (Å²) in [6.07, 6.45) is 3.53. The van der Waals surface area contributed by atoms with Gasteiger partial charge in [-0.2, -0.15) is 5.10 Å². The van der Waals surface area contributed by atoms with Crippen molar-refractivity contribution in [3.63, 3.8) is 0 Å². The van der Waals surface area contributed by atoms with E-state index in [9.17, 15) is 0 Å². The quantitative estimate of drug-likeness (QED) is 0.570. The molecule has 0 saturated carbocycles. The third-order valence-electron chi connectivity index (χ3n) is 0.963. The van der Waals surface area contributed by atoms with Crippen LogP contribution in [0.4, 0.5) is 0 Å². The van der Waals surface area contributed by atoms with E-state index in [2.05, 4.69) is 14.6 Å². The average molecular weight is 125 g/mol. The molecule has 0 aliphatic carbocycles. The minimum atomic E-state index is 0.954. The maximum Gasteiger partial charge on any atom is 0.123 e. The van der Waals surface area contributed by atoms with Crippen molar-refractivity contribution in [1.29, 1.82) is 0 Å². The lowest BCUT2D eigenvalue weighted by atomic mass is 10.5. The maximum atomic E-state index is 3.91. The molecule has 4 heteroatoms. The molecular formula is C4H3N3S. The highest BCUT2D eigenvalue weighted by molar-refractivity contribution is 7.09. The number of hydrogen-bond donors (Lipinski definition) is 1. The first-order chi connectivity index (χ1) is 3.97. The zero-order chi connectivity index (χ0) is 5.40. The first-order valence-electron chi connectivity index (χ1n) is 2.20. The summed E-state index contributed by atoms with van der Waals surface area (Å²) < 4.78 is 2.77. The molecule has 0 fully saturated rings. The second-order valence-electron chi connectivity index (χ2n) is 1.46. The number of nitrogens with one attached hydrogen (secondary N) is 1. The van der Waals surface area contributed by atoms with Crippen molar-refractivity contribution >= 4 is 11.5 Å². The summed E-state index contributed by atoms with van der Waals surface area (Å²) in [6, 6.07) is 0. The summed E-state index contributed by atoms with van der Waals surface area (Å²) >= 11 is 1.50. The van der Waals surface area contributed by atoms with Gasteiger partial charge in [0.2, 0.25) is 0 Å². The fourth-order valence-corrected chi connectivity index (χ4v) is 1.15. The molecule has 1 N–H and O–H groups in total. The van der Waals surface area contributed by atoms with Crippen molar-refractivity contribution < 1.29 is 0 Å². The molecule has 40 valence electrons. The maximum absolute atomic E-state index is 3.91. The van der Waals surface area contributed by atoms with Gasteiger partial charge in [-0.05, 0) is 11.5 Å². The van der Waals surface area contributed by atoms with Crippen LogP contribution in [-0.2, 0) is 0 Å². The standard InChI is InChI=1S/C4H3N3S/c1-3-4(2-5-1)8-7-6-3/h1-2,7H. The Morgan fingerprint density at radius 1 is 1.50 bits per heavy atom. The Morgan fingerprint density at radius 2 is 2.50 bits per heavy atom. The van der Waals surface area contributed by atoms with E-state index in [-0.39, 0.29) is 0 Å². The van der Waals surface area contributed by atoms with Crippen molar-refractivity contribution in [3.8, 4) is 10.6 Å². The summed E-state index contributed by atoms with van der Waals surface area (Å²) in [5, 5.41) is 3.91. The Kier molecular flexibility index (Phi) is 0.648. The van der Waals surface area contributed by atoms with Crippen LogP contribution in [0.1, 0.15) is 0 Å². The van der Waals surface area contributed by atoms with Crippen molar-refractivity contribution in [2.75, 3.05) is 0 Å². The Hall–Kier alpha value is -0.900. The Labute approximate surface area is 49.9 Å². The minimum absolute atomic E-state index is 0.954. The highest BCUT2D eigenvalue weighted by atomic mass is 32.1. The molecule has 2 rings (SSSR count). The fraction of sp³-hybridized carbons (Fsp3) is 0. The van der Waals surface area contributed by atoms with E-state index in [0.717, 1.165) is 10.6 Å². The van der Waals surface area contributed by atoms with E-state index in [4.69, 9.17) is 0 Å². The highest BCUT2D eigenvalue weighted by Gasteiger charge is 2.03. The lowest BCUT2D eigenvalue weighted by Crippen LogP contribution is -1.63. The van der Waals surface area contributed by atoms with Crippen LogP contribution in [0.15, 0.2) is 12.4 Å². The third kappa shape index (κ3) is 0.376. The second-order valence-corrected chi connectivity index (χ2v) is 2.29. The van der Waals surface area contributed by atoms with Gasteiger partial charge in [0.1, 0.15) is 5.69 Å². The van der Waals surface area contributed by atoms with Gasteiger partial charge < -0.3 is 0 Å². The van der Waals surface area contributed by atoms with Gasteiger partial charge in [0.15, 0.2) is 0 Å². The van der Waals surface area contributed by atoms with E-state index in [1.165, 1.54) is 11.5 Å². The summed E-state index contributed by atoms with van der Waals surface area (Å²) in [7, 11) is 0. The van der Waals surface area contributed by atoms with Crippen LogP contribution in [0.3, 0.4) is 0 Å². The van der Waals surface area contributed by atoms with E-state index >= 15 is 0 Å². The molecule has 0 aromatic rings. The molecule has 8 heavy (non-hydrogen) atoms. The van der Waals surface area contributed by atoms with Crippen LogP contribution >= 0.6 is 11.5 Å². The zero-order valence-corrected chi connectivity index (χ0v) is 4.77. The van der Waals surface area contributed by atoms with E-state index in [1.54, 1.807) is 12.4 Å². The van der Waals surface area contributed by atoms with Crippen LogP contribution < -0.4 is 0 Å². The second kappa shape index (κ2) is 1.29. The molecule has 2 aliphatic rings. The molecule has 0 aromatic carbocycles. The van der Waals surface area contributed by atoms with Gasteiger partial charge in [-0.1, -0.05) is 0 Å². The number of aromatic nitrogens is 3.